The molecule has 0 unspecified atom stereocenters. The molecular weight excluding hydrogens is 192 g/mol. The summed E-state index contributed by atoms with van der Waals surface area (Å²) < 4.78 is 0. The molecule has 3 heteroatoms. The second-order valence-corrected chi connectivity index (χ2v) is 5.18. The predicted octanol–water partition coefficient (Wildman–Crippen LogP) is 2.73. The van der Waals surface area contributed by atoms with E-state index in [9.17, 15) is 0 Å². The van der Waals surface area contributed by atoms with Gasteiger partial charge in [-0.2, -0.15) is 0 Å². The van der Waals surface area contributed by atoms with Crippen molar-refractivity contribution in [3.63, 3.8) is 0 Å². The van der Waals surface area contributed by atoms with Crippen molar-refractivity contribution >= 4 is 11.3 Å². The Morgan fingerprint density at radius 2 is 2.43 bits per heavy atom. The average Bonchev–Trinajstić information content (AvgIpc) is 2.48. The SMILES string of the molecule is Cc1nc(CNCCC2CCC2)cs1. The lowest BCUT2D eigenvalue weighted by molar-refractivity contribution is 0.292. The van der Waals surface area contributed by atoms with Gasteiger partial charge in [0.1, 0.15) is 0 Å². The van der Waals surface area contributed by atoms with Crippen molar-refractivity contribution in [2.24, 2.45) is 5.92 Å². The number of nitrogens with zero attached hydrogens (tertiary/aromatic N) is 1. The standard InChI is InChI=1S/C11H18N2S/c1-9-13-11(8-14-9)7-12-6-5-10-3-2-4-10/h8,10,12H,2-7H2,1H3. The first-order valence-electron chi connectivity index (χ1n) is 5.46. The first-order chi connectivity index (χ1) is 6.84. The topological polar surface area (TPSA) is 24.9 Å². The van der Waals surface area contributed by atoms with Gasteiger partial charge in [0.25, 0.3) is 0 Å². The van der Waals surface area contributed by atoms with E-state index in [1.165, 1.54) is 36.4 Å². The van der Waals surface area contributed by atoms with Gasteiger partial charge >= 0.3 is 0 Å². The number of thiazole rings is 1. The summed E-state index contributed by atoms with van der Waals surface area (Å²) in [4.78, 5) is 4.42. The summed E-state index contributed by atoms with van der Waals surface area (Å²) in [5.74, 6) is 1.01. The van der Waals surface area contributed by atoms with Crippen molar-refractivity contribution in [2.45, 2.75) is 39.2 Å². The van der Waals surface area contributed by atoms with Gasteiger partial charge in [0.05, 0.1) is 10.7 Å². The van der Waals surface area contributed by atoms with Crippen LogP contribution in [0.1, 0.15) is 36.4 Å². The minimum atomic E-state index is 0.942. The molecule has 1 aromatic rings. The second-order valence-electron chi connectivity index (χ2n) is 4.12. The van der Waals surface area contributed by atoms with Crippen LogP contribution in [0.2, 0.25) is 0 Å². The quantitative estimate of drug-likeness (QED) is 0.756. The van der Waals surface area contributed by atoms with E-state index in [4.69, 9.17) is 0 Å². The van der Waals surface area contributed by atoms with E-state index in [0.717, 1.165) is 19.0 Å². The first-order valence-corrected chi connectivity index (χ1v) is 6.34. The van der Waals surface area contributed by atoms with Crippen LogP contribution in [0.4, 0.5) is 0 Å². The van der Waals surface area contributed by atoms with Gasteiger partial charge in [-0.3, -0.25) is 0 Å². The average molecular weight is 210 g/mol. The molecule has 2 nitrogen and oxygen atoms in total. The van der Waals surface area contributed by atoms with Crippen molar-refractivity contribution in [2.75, 3.05) is 6.54 Å². The molecule has 0 saturated heterocycles. The van der Waals surface area contributed by atoms with Crippen LogP contribution in [0, 0.1) is 12.8 Å². The fourth-order valence-corrected chi connectivity index (χ4v) is 2.41. The van der Waals surface area contributed by atoms with Gasteiger partial charge in [0.2, 0.25) is 0 Å². The molecule has 14 heavy (non-hydrogen) atoms. The van der Waals surface area contributed by atoms with Crippen LogP contribution in [0.15, 0.2) is 5.38 Å². The molecule has 0 aromatic carbocycles. The van der Waals surface area contributed by atoms with E-state index < -0.39 is 0 Å². The van der Waals surface area contributed by atoms with Gasteiger partial charge in [-0.05, 0) is 25.8 Å². The van der Waals surface area contributed by atoms with Crippen LogP contribution in [0.25, 0.3) is 0 Å². The summed E-state index contributed by atoms with van der Waals surface area (Å²) in [6, 6.07) is 0. The van der Waals surface area contributed by atoms with Crippen molar-refractivity contribution in [3.05, 3.63) is 16.1 Å². The lowest BCUT2D eigenvalue weighted by atomic mass is 9.83. The molecule has 1 aromatic heterocycles. The maximum absolute atomic E-state index is 4.42. The maximum Gasteiger partial charge on any atom is 0.0897 e. The zero-order valence-electron chi connectivity index (χ0n) is 8.75. The predicted molar refractivity (Wildman–Crippen MR) is 60.5 cm³/mol. The van der Waals surface area contributed by atoms with E-state index in [0.29, 0.717) is 0 Å². The molecule has 78 valence electrons. The molecule has 1 N–H and O–H groups in total. The molecule has 0 bridgehead atoms. The Kier molecular flexibility index (Phi) is 3.54. The van der Waals surface area contributed by atoms with Crippen LogP contribution >= 0.6 is 11.3 Å². The fraction of sp³-hybridized carbons (Fsp3) is 0.727. The van der Waals surface area contributed by atoms with E-state index in [2.05, 4.69) is 22.6 Å². The van der Waals surface area contributed by atoms with Crippen LogP contribution in [-0.4, -0.2) is 11.5 Å². The molecular formula is C11H18N2S. The third-order valence-electron chi connectivity index (χ3n) is 2.93. The van der Waals surface area contributed by atoms with Gasteiger partial charge in [0, 0.05) is 11.9 Å². The van der Waals surface area contributed by atoms with Crippen molar-refractivity contribution in [1.82, 2.24) is 10.3 Å². The minimum absolute atomic E-state index is 0.942. The molecule has 0 aliphatic heterocycles. The number of nitrogens with one attached hydrogen (secondary N) is 1. The molecule has 0 atom stereocenters. The molecule has 1 saturated carbocycles. The highest BCUT2D eigenvalue weighted by Crippen LogP contribution is 2.28. The highest BCUT2D eigenvalue weighted by molar-refractivity contribution is 7.09. The lowest BCUT2D eigenvalue weighted by Gasteiger charge is -2.25. The molecule has 2 rings (SSSR count). The summed E-state index contributed by atoms with van der Waals surface area (Å²) in [5.41, 5.74) is 1.20. The number of aromatic nitrogens is 1. The number of aryl methyl sites for hydroxylation is 1. The normalized spacial score (nSPS) is 16.9. The van der Waals surface area contributed by atoms with Crippen LogP contribution in [0.3, 0.4) is 0 Å². The second kappa shape index (κ2) is 4.89. The van der Waals surface area contributed by atoms with Crippen molar-refractivity contribution < 1.29 is 0 Å². The first kappa shape index (κ1) is 10.1. The Morgan fingerprint density at radius 1 is 1.57 bits per heavy atom. The summed E-state index contributed by atoms with van der Waals surface area (Å²) in [7, 11) is 0. The van der Waals surface area contributed by atoms with Gasteiger partial charge in [0.15, 0.2) is 0 Å². The van der Waals surface area contributed by atoms with Crippen LogP contribution in [-0.2, 0) is 6.54 Å². The van der Waals surface area contributed by atoms with Crippen LogP contribution < -0.4 is 5.32 Å². The molecule has 1 fully saturated rings. The fourth-order valence-electron chi connectivity index (χ4n) is 1.79. The molecule has 1 heterocycles. The number of hydrogen-bond donors (Lipinski definition) is 1. The van der Waals surface area contributed by atoms with Crippen molar-refractivity contribution in [3.8, 4) is 0 Å². The van der Waals surface area contributed by atoms with Crippen LogP contribution in [0.5, 0.6) is 0 Å². The Bertz CT molecular complexity index is 279. The van der Waals surface area contributed by atoms with Crippen molar-refractivity contribution in [1.29, 1.82) is 0 Å². The lowest BCUT2D eigenvalue weighted by Crippen LogP contribution is -2.21. The molecule has 1 aliphatic rings. The summed E-state index contributed by atoms with van der Waals surface area (Å²) >= 11 is 1.73. The van der Waals surface area contributed by atoms with Gasteiger partial charge in [-0.25, -0.2) is 4.98 Å². The monoisotopic (exact) mass is 210 g/mol. The molecule has 0 radical (unpaired) electrons. The summed E-state index contributed by atoms with van der Waals surface area (Å²) in [6.07, 6.45) is 5.72. The highest BCUT2D eigenvalue weighted by atomic mass is 32.1. The zero-order valence-corrected chi connectivity index (χ0v) is 9.57. The third-order valence-corrected chi connectivity index (χ3v) is 3.75. The van der Waals surface area contributed by atoms with Gasteiger partial charge in [-0.15, -0.1) is 11.3 Å². The zero-order chi connectivity index (χ0) is 9.80. The Balaban J connectivity index is 1.58. The highest BCUT2D eigenvalue weighted by Gasteiger charge is 2.16. The van der Waals surface area contributed by atoms with E-state index in [-0.39, 0.29) is 0 Å². The number of rotatable bonds is 5. The smallest absolute Gasteiger partial charge is 0.0897 e. The molecule has 1 aliphatic carbocycles. The van der Waals surface area contributed by atoms with E-state index >= 15 is 0 Å². The van der Waals surface area contributed by atoms with Gasteiger partial charge in [-0.1, -0.05) is 19.3 Å². The van der Waals surface area contributed by atoms with E-state index in [1.807, 2.05) is 0 Å². The molecule has 0 amide bonds. The largest absolute Gasteiger partial charge is 0.311 e. The Labute approximate surface area is 89.8 Å². The third kappa shape index (κ3) is 2.79. The van der Waals surface area contributed by atoms with Gasteiger partial charge < -0.3 is 5.32 Å². The number of hydrogen-bond acceptors (Lipinski definition) is 3. The Hall–Kier alpha value is -0.410. The maximum atomic E-state index is 4.42. The summed E-state index contributed by atoms with van der Waals surface area (Å²) in [5, 5.41) is 6.77. The molecule has 0 spiro atoms. The van der Waals surface area contributed by atoms with E-state index in [1.54, 1.807) is 11.3 Å². The Morgan fingerprint density at radius 3 is 3.00 bits per heavy atom. The summed E-state index contributed by atoms with van der Waals surface area (Å²) in [6.45, 7) is 4.15. The minimum Gasteiger partial charge on any atom is -0.311 e.